The molecule has 0 unspecified atom stereocenters. The molecule has 0 N–H and O–H groups in total. The Hall–Kier alpha value is -1.57. The summed E-state index contributed by atoms with van der Waals surface area (Å²) in [6.07, 6.45) is 4.05. The lowest BCUT2D eigenvalue weighted by molar-refractivity contribution is 0.855. The molecular weight excluding hydrogens is 184 g/mol. The molecule has 0 bridgehead atoms. The lowest BCUT2D eigenvalue weighted by atomic mass is 10.1. The van der Waals surface area contributed by atoms with E-state index < -0.39 is 0 Å². The molecule has 0 fully saturated rings. The molecule has 2 rings (SSSR count). The summed E-state index contributed by atoms with van der Waals surface area (Å²) in [7, 11) is 0. The number of hydrogen-bond acceptors (Lipinski definition) is 1. The predicted molar refractivity (Wildman–Crippen MR) is 62.4 cm³/mol. The van der Waals surface area contributed by atoms with Gasteiger partial charge in [-0.05, 0) is 30.0 Å². The van der Waals surface area contributed by atoms with E-state index in [4.69, 9.17) is 0 Å². The van der Waals surface area contributed by atoms with Gasteiger partial charge < -0.3 is 0 Å². The molecule has 0 saturated heterocycles. The average Bonchev–Trinajstić information content (AvgIpc) is 2.67. The van der Waals surface area contributed by atoms with Gasteiger partial charge in [0.05, 0.1) is 11.9 Å². The molecule has 2 heteroatoms. The van der Waals surface area contributed by atoms with E-state index in [0.29, 0.717) is 5.92 Å². The zero-order valence-corrected chi connectivity index (χ0v) is 9.44. The summed E-state index contributed by atoms with van der Waals surface area (Å²) in [5.74, 6) is 0.530. The minimum absolute atomic E-state index is 0.530. The first-order valence-electron chi connectivity index (χ1n) is 5.29. The number of aryl methyl sites for hydroxylation is 1. The second kappa shape index (κ2) is 3.89. The van der Waals surface area contributed by atoms with Crippen molar-refractivity contribution in [1.29, 1.82) is 0 Å². The van der Waals surface area contributed by atoms with Gasteiger partial charge >= 0.3 is 0 Å². The SMILES string of the molecule is Cc1ccccc1-n1cc(C(C)C)cn1. The van der Waals surface area contributed by atoms with Crippen molar-refractivity contribution in [1.82, 2.24) is 9.78 Å². The Balaban J connectivity index is 2.42. The largest absolute Gasteiger partial charge is 0.240 e. The summed E-state index contributed by atoms with van der Waals surface area (Å²) in [6, 6.07) is 8.28. The lowest BCUT2D eigenvalue weighted by Crippen LogP contribution is -1.96. The topological polar surface area (TPSA) is 17.8 Å². The molecule has 1 aromatic carbocycles. The Bertz CT molecular complexity index is 455. The summed E-state index contributed by atoms with van der Waals surface area (Å²) in [5, 5.41) is 4.39. The maximum atomic E-state index is 4.39. The van der Waals surface area contributed by atoms with Crippen LogP contribution in [0.5, 0.6) is 0 Å². The van der Waals surface area contributed by atoms with Gasteiger partial charge in [0, 0.05) is 6.20 Å². The van der Waals surface area contributed by atoms with Crippen LogP contribution in [0.1, 0.15) is 30.9 Å². The highest BCUT2D eigenvalue weighted by Crippen LogP contribution is 2.17. The second-order valence-electron chi connectivity index (χ2n) is 4.16. The third kappa shape index (κ3) is 1.94. The number of aromatic nitrogens is 2. The molecule has 1 heterocycles. The van der Waals surface area contributed by atoms with Crippen LogP contribution in [0.15, 0.2) is 36.7 Å². The third-order valence-electron chi connectivity index (χ3n) is 2.63. The highest BCUT2D eigenvalue weighted by Gasteiger charge is 2.05. The fourth-order valence-electron chi connectivity index (χ4n) is 1.59. The Morgan fingerprint density at radius 3 is 2.53 bits per heavy atom. The standard InChI is InChI=1S/C13H16N2/c1-10(2)12-8-14-15(9-12)13-7-5-4-6-11(13)3/h4-10H,1-3H3. The van der Waals surface area contributed by atoms with Crippen LogP contribution >= 0.6 is 0 Å². The van der Waals surface area contributed by atoms with Gasteiger partial charge in [0.2, 0.25) is 0 Å². The zero-order chi connectivity index (χ0) is 10.8. The van der Waals surface area contributed by atoms with Crippen LogP contribution < -0.4 is 0 Å². The molecule has 0 atom stereocenters. The zero-order valence-electron chi connectivity index (χ0n) is 9.44. The van der Waals surface area contributed by atoms with E-state index in [2.05, 4.69) is 44.2 Å². The van der Waals surface area contributed by atoms with Gasteiger partial charge in [-0.25, -0.2) is 4.68 Å². The first-order chi connectivity index (χ1) is 7.18. The van der Waals surface area contributed by atoms with Crippen molar-refractivity contribution < 1.29 is 0 Å². The van der Waals surface area contributed by atoms with Gasteiger partial charge in [-0.15, -0.1) is 0 Å². The smallest absolute Gasteiger partial charge is 0.0674 e. The summed E-state index contributed by atoms with van der Waals surface area (Å²) < 4.78 is 1.95. The first kappa shape index (κ1) is 9.97. The minimum atomic E-state index is 0.530. The van der Waals surface area contributed by atoms with E-state index in [1.54, 1.807) is 0 Å². The van der Waals surface area contributed by atoms with E-state index in [9.17, 15) is 0 Å². The number of para-hydroxylation sites is 1. The van der Waals surface area contributed by atoms with Crippen molar-refractivity contribution in [3.8, 4) is 5.69 Å². The van der Waals surface area contributed by atoms with Crippen molar-refractivity contribution in [2.24, 2.45) is 0 Å². The number of hydrogen-bond donors (Lipinski definition) is 0. The third-order valence-corrected chi connectivity index (χ3v) is 2.63. The molecule has 15 heavy (non-hydrogen) atoms. The molecular formula is C13H16N2. The molecule has 78 valence electrons. The van der Waals surface area contributed by atoms with Crippen molar-refractivity contribution in [3.05, 3.63) is 47.8 Å². The molecule has 0 amide bonds. The van der Waals surface area contributed by atoms with Crippen LogP contribution in [0.2, 0.25) is 0 Å². The number of rotatable bonds is 2. The molecule has 2 aromatic rings. The van der Waals surface area contributed by atoms with Crippen LogP contribution in [-0.2, 0) is 0 Å². The van der Waals surface area contributed by atoms with E-state index in [1.165, 1.54) is 11.1 Å². The molecule has 2 nitrogen and oxygen atoms in total. The van der Waals surface area contributed by atoms with E-state index in [1.807, 2.05) is 23.0 Å². The molecule has 0 radical (unpaired) electrons. The van der Waals surface area contributed by atoms with Crippen LogP contribution in [0, 0.1) is 6.92 Å². The molecule has 0 aliphatic carbocycles. The highest BCUT2D eigenvalue weighted by molar-refractivity contribution is 5.39. The summed E-state index contributed by atoms with van der Waals surface area (Å²) >= 11 is 0. The number of nitrogens with zero attached hydrogens (tertiary/aromatic N) is 2. The average molecular weight is 200 g/mol. The molecule has 0 aliphatic rings. The highest BCUT2D eigenvalue weighted by atomic mass is 15.3. The first-order valence-corrected chi connectivity index (χ1v) is 5.29. The molecule has 1 aromatic heterocycles. The van der Waals surface area contributed by atoms with E-state index in [-0.39, 0.29) is 0 Å². The Labute approximate surface area is 90.6 Å². The minimum Gasteiger partial charge on any atom is -0.240 e. The van der Waals surface area contributed by atoms with E-state index in [0.717, 1.165) is 5.69 Å². The Kier molecular flexibility index (Phi) is 2.58. The fourth-order valence-corrected chi connectivity index (χ4v) is 1.59. The maximum absolute atomic E-state index is 4.39. The van der Waals surface area contributed by atoms with Crippen molar-refractivity contribution >= 4 is 0 Å². The predicted octanol–water partition coefficient (Wildman–Crippen LogP) is 3.30. The van der Waals surface area contributed by atoms with Crippen LogP contribution in [0.4, 0.5) is 0 Å². The Morgan fingerprint density at radius 2 is 1.93 bits per heavy atom. The monoisotopic (exact) mass is 200 g/mol. The fraction of sp³-hybridized carbons (Fsp3) is 0.308. The maximum Gasteiger partial charge on any atom is 0.0674 e. The summed E-state index contributed by atoms with van der Waals surface area (Å²) in [5.41, 5.74) is 3.68. The molecule has 0 aliphatic heterocycles. The van der Waals surface area contributed by atoms with Gasteiger partial charge in [0.1, 0.15) is 0 Å². The number of benzene rings is 1. The molecule has 0 saturated carbocycles. The van der Waals surface area contributed by atoms with Gasteiger partial charge in [-0.1, -0.05) is 32.0 Å². The normalized spacial score (nSPS) is 10.9. The van der Waals surface area contributed by atoms with Crippen LogP contribution in [0.25, 0.3) is 5.69 Å². The second-order valence-corrected chi connectivity index (χ2v) is 4.16. The quantitative estimate of drug-likeness (QED) is 0.727. The van der Waals surface area contributed by atoms with Crippen molar-refractivity contribution in [3.63, 3.8) is 0 Å². The van der Waals surface area contributed by atoms with Crippen LogP contribution in [0.3, 0.4) is 0 Å². The van der Waals surface area contributed by atoms with Gasteiger partial charge in [0.15, 0.2) is 0 Å². The lowest BCUT2D eigenvalue weighted by Gasteiger charge is -2.04. The summed E-state index contributed by atoms with van der Waals surface area (Å²) in [4.78, 5) is 0. The van der Waals surface area contributed by atoms with Crippen LogP contribution in [-0.4, -0.2) is 9.78 Å². The van der Waals surface area contributed by atoms with Crippen molar-refractivity contribution in [2.75, 3.05) is 0 Å². The van der Waals surface area contributed by atoms with Gasteiger partial charge in [-0.3, -0.25) is 0 Å². The van der Waals surface area contributed by atoms with E-state index >= 15 is 0 Å². The summed E-state index contributed by atoms with van der Waals surface area (Å²) in [6.45, 7) is 6.46. The van der Waals surface area contributed by atoms with Gasteiger partial charge in [0.25, 0.3) is 0 Å². The Morgan fingerprint density at radius 1 is 1.20 bits per heavy atom. The molecule has 0 spiro atoms. The van der Waals surface area contributed by atoms with Crippen molar-refractivity contribution in [2.45, 2.75) is 26.7 Å². The van der Waals surface area contributed by atoms with Gasteiger partial charge in [-0.2, -0.15) is 5.10 Å².